The zero-order chi connectivity index (χ0) is 16.7. The third-order valence-corrected chi connectivity index (χ3v) is 3.28. The largest absolute Gasteiger partial charge is 0.352 e. The molecule has 0 saturated carbocycles. The van der Waals surface area contributed by atoms with Crippen LogP contribution >= 0.6 is 0 Å². The molecule has 4 heteroatoms. The van der Waals surface area contributed by atoms with E-state index in [-0.39, 0.29) is 5.41 Å². The molecule has 0 aliphatic rings. The van der Waals surface area contributed by atoms with E-state index in [2.05, 4.69) is 47.8 Å². The van der Waals surface area contributed by atoms with E-state index in [0.717, 1.165) is 30.8 Å². The molecule has 0 N–H and O–H groups in total. The van der Waals surface area contributed by atoms with Crippen LogP contribution in [0.25, 0.3) is 6.08 Å². The number of rotatable bonds is 6. The van der Waals surface area contributed by atoms with Crippen molar-refractivity contribution < 1.29 is 4.79 Å². The average Bonchev–Trinajstić information content (AvgIpc) is 2.53. The molecule has 0 aliphatic heterocycles. The molecule has 1 heterocycles. The van der Waals surface area contributed by atoms with E-state index in [1.807, 2.05) is 18.2 Å². The highest BCUT2D eigenvalue weighted by atomic mass is 16.1. The number of aldehydes is 1. The molecule has 2 rings (SSSR count). The zero-order valence-corrected chi connectivity index (χ0v) is 13.9. The van der Waals surface area contributed by atoms with Gasteiger partial charge in [-0.1, -0.05) is 51.1 Å². The molecule has 0 spiro atoms. The predicted octanol–water partition coefficient (Wildman–Crippen LogP) is 3.74. The molecule has 0 radical (unpaired) electrons. The van der Waals surface area contributed by atoms with Crippen molar-refractivity contribution in [2.75, 3.05) is 11.4 Å². The number of hydrogen-bond donors (Lipinski definition) is 0. The Morgan fingerprint density at radius 2 is 1.87 bits per heavy atom. The second-order valence-electron chi connectivity index (χ2n) is 6.72. The molecule has 0 saturated heterocycles. The highest BCUT2D eigenvalue weighted by Gasteiger charge is 2.18. The van der Waals surface area contributed by atoms with Gasteiger partial charge in [0.25, 0.3) is 0 Å². The quantitative estimate of drug-likeness (QED) is 0.602. The summed E-state index contributed by atoms with van der Waals surface area (Å²) in [6.45, 7) is 8.33. The number of carbonyl (C=O) groups is 1. The van der Waals surface area contributed by atoms with Crippen LogP contribution in [0.4, 0.5) is 5.82 Å². The minimum atomic E-state index is 0.164. The van der Waals surface area contributed by atoms with Crippen molar-refractivity contribution in [3.63, 3.8) is 0 Å². The maximum absolute atomic E-state index is 10.4. The molecular formula is C19H23N3O. The Morgan fingerprint density at radius 3 is 2.43 bits per heavy atom. The van der Waals surface area contributed by atoms with Crippen molar-refractivity contribution in [3.05, 3.63) is 60.1 Å². The smallest absolute Gasteiger partial charge is 0.142 e. The molecule has 4 nitrogen and oxygen atoms in total. The van der Waals surface area contributed by atoms with Crippen molar-refractivity contribution in [3.8, 4) is 0 Å². The molecule has 2 aromatic rings. The maximum Gasteiger partial charge on any atom is 0.142 e. The van der Waals surface area contributed by atoms with E-state index in [1.54, 1.807) is 18.6 Å². The average molecular weight is 309 g/mol. The van der Waals surface area contributed by atoms with Crippen LogP contribution in [0.2, 0.25) is 0 Å². The van der Waals surface area contributed by atoms with Gasteiger partial charge in [-0.05, 0) is 28.7 Å². The summed E-state index contributed by atoms with van der Waals surface area (Å²) in [4.78, 5) is 21.0. The van der Waals surface area contributed by atoms with E-state index in [4.69, 9.17) is 0 Å². The number of aromatic nitrogens is 2. The monoisotopic (exact) mass is 309 g/mol. The molecule has 0 atom stereocenters. The Labute approximate surface area is 137 Å². The SMILES string of the molecule is CC(C)(C)CN(Cc1ccc(/C=C/C=O)cc1)c1ccncn1. The van der Waals surface area contributed by atoms with Gasteiger partial charge in [0, 0.05) is 19.3 Å². The second-order valence-corrected chi connectivity index (χ2v) is 6.72. The molecule has 0 fully saturated rings. The van der Waals surface area contributed by atoms with Gasteiger partial charge in [-0.15, -0.1) is 0 Å². The van der Waals surface area contributed by atoms with Gasteiger partial charge in [0.1, 0.15) is 18.4 Å². The van der Waals surface area contributed by atoms with Gasteiger partial charge < -0.3 is 4.90 Å². The lowest BCUT2D eigenvalue weighted by atomic mass is 9.95. The summed E-state index contributed by atoms with van der Waals surface area (Å²) < 4.78 is 0. The molecule has 0 amide bonds. The summed E-state index contributed by atoms with van der Waals surface area (Å²) in [7, 11) is 0. The number of benzene rings is 1. The van der Waals surface area contributed by atoms with Crippen molar-refractivity contribution in [2.45, 2.75) is 27.3 Å². The van der Waals surface area contributed by atoms with Crippen LogP contribution in [-0.4, -0.2) is 22.8 Å². The third-order valence-electron chi connectivity index (χ3n) is 3.28. The fraction of sp³-hybridized carbons (Fsp3) is 0.316. The van der Waals surface area contributed by atoms with E-state index in [1.165, 1.54) is 11.6 Å². The van der Waals surface area contributed by atoms with Crippen LogP contribution in [0.1, 0.15) is 31.9 Å². The Bertz CT molecular complexity index is 643. The molecule has 0 aliphatic carbocycles. The Morgan fingerprint density at radius 1 is 1.13 bits per heavy atom. The van der Waals surface area contributed by atoms with Gasteiger partial charge in [-0.3, -0.25) is 4.79 Å². The van der Waals surface area contributed by atoms with Crippen LogP contribution < -0.4 is 4.90 Å². The normalized spacial score (nSPS) is 11.6. The van der Waals surface area contributed by atoms with Crippen LogP contribution in [0.15, 0.2) is 48.9 Å². The van der Waals surface area contributed by atoms with Gasteiger partial charge >= 0.3 is 0 Å². The van der Waals surface area contributed by atoms with Gasteiger partial charge in [0.15, 0.2) is 0 Å². The second kappa shape index (κ2) is 7.68. The highest BCUT2D eigenvalue weighted by molar-refractivity contribution is 5.73. The van der Waals surface area contributed by atoms with Crippen molar-refractivity contribution in [1.82, 2.24) is 9.97 Å². The topological polar surface area (TPSA) is 46.1 Å². The highest BCUT2D eigenvalue weighted by Crippen LogP contribution is 2.22. The fourth-order valence-corrected chi connectivity index (χ4v) is 2.37. The van der Waals surface area contributed by atoms with Gasteiger partial charge in [-0.25, -0.2) is 9.97 Å². The Hall–Kier alpha value is -2.49. The van der Waals surface area contributed by atoms with Gasteiger partial charge in [0.05, 0.1) is 0 Å². The van der Waals surface area contributed by atoms with Crippen LogP contribution in [0.5, 0.6) is 0 Å². The molecule has 1 aromatic carbocycles. The lowest BCUT2D eigenvalue weighted by Gasteiger charge is -2.31. The summed E-state index contributed by atoms with van der Waals surface area (Å²) >= 11 is 0. The first kappa shape index (κ1) is 16.9. The maximum atomic E-state index is 10.4. The molecule has 1 aromatic heterocycles. The number of nitrogens with zero attached hydrogens (tertiary/aromatic N) is 3. The van der Waals surface area contributed by atoms with Crippen LogP contribution in [0, 0.1) is 5.41 Å². The summed E-state index contributed by atoms with van der Waals surface area (Å²) in [6, 6.07) is 10.1. The third kappa shape index (κ3) is 5.66. The molecular weight excluding hydrogens is 286 g/mol. The van der Waals surface area contributed by atoms with Crippen molar-refractivity contribution >= 4 is 18.2 Å². The Balaban J connectivity index is 2.17. The fourth-order valence-electron chi connectivity index (χ4n) is 2.37. The molecule has 23 heavy (non-hydrogen) atoms. The van der Waals surface area contributed by atoms with E-state index < -0.39 is 0 Å². The Kier molecular flexibility index (Phi) is 5.63. The van der Waals surface area contributed by atoms with Crippen LogP contribution in [-0.2, 0) is 11.3 Å². The molecule has 0 bridgehead atoms. The summed E-state index contributed by atoms with van der Waals surface area (Å²) in [5.41, 5.74) is 2.39. The minimum Gasteiger partial charge on any atom is -0.352 e. The molecule has 120 valence electrons. The predicted molar refractivity (Wildman–Crippen MR) is 94.1 cm³/mol. The summed E-state index contributed by atoms with van der Waals surface area (Å²) in [5.74, 6) is 0.930. The van der Waals surface area contributed by atoms with Crippen LogP contribution in [0.3, 0.4) is 0 Å². The first-order valence-corrected chi connectivity index (χ1v) is 7.70. The number of allylic oxidation sites excluding steroid dienone is 1. The molecule has 0 unspecified atom stereocenters. The lowest BCUT2D eigenvalue weighted by Crippen LogP contribution is -2.32. The van der Waals surface area contributed by atoms with Crippen molar-refractivity contribution in [2.24, 2.45) is 5.41 Å². The standard InChI is InChI=1S/C19H23N3O/c1-19(2,3)14-22(18-10-11-20-15-21-18)13-17-8-6-16(7-9-17)5-4-12-23/h4-12,15H,13-14H2,1-3H3/b5-4+. The van der Waals surface area contributed by atoms with E-state index in [9.17, 15) is 4.79 Å². The van der Waals surface area contributed by atoms with E-state index in [0.29, 0.717) is 0 Å². The zero-order valence-electron chi connectivity index (χ0n) is 13.9. The minimum absolute atomic E-state index is 0.164. The van der Waals surface area contributed by atoms with E-state index >= 15 is 0 Å². The number of hydrogen-bond acceptors (Lipinski definition) is 4. The summed E-state index contributed by atoms with van der Waals surface area (Å²) in [5, 5.41) is 0. The first-order chi connectivity index (χ1) is 11.0. The van der Waals surface area contributed by atoms with Gasteiger partial charge in [0.2, 0.25) is 0 Å². The van der Waals surface area contributed by atoms with Crippen molar-refractivity contribution in [1.29, 1.82) is 0 Å². The first-order valence-electron chi connectivity index (χ1n) is 7.70. The number of carbonyl (C=O) groups excluding carboxylic acids is 1. The van der Waals surface area contributed by atoms with Gasteiger partial charge in [-0.2, -0.15) is 0 Å². The summed E-state index contributed by atoms with van der Waals surface area (Å²) in [6.07, 6.45) is 7.44. The lowest BCUT2D eigenvalue weighted by molar-refractivity contribution is -0.104. The number of anilines is 1.